The lowest BCUT2D eigenvalue weighted by molar-refractivity contribution is -0.142. The molecule has 2 aliphatic carbocycles. The number of hydrogen-bond donors (Lipinski definition) is 2. The van der Waals surface area contributed by atoms with Crippen LogP contribution in [0.2, 0.25) is 0 Å². The van der Waals surface area contributed by atoms with E-state index in [-0.39, 0.29) is 11.9 Å². The van der Waals surface area contributed by atoms with E-state index in [0.29, 0.717) is 25.0 Å². The molecule has 3 unspecified atom stereocenters. The fourth-order valence-electron chi connectivity index (χ4n) is 4.13. The molecule has 0 aromatic carbocycles. The Morgan fingerprint density at radius 3 is 2.53 bits per heavy atom. The van der Waals surface area contributed by atoms with Gasteiger partial charge >= 0.3 is 12.0 Å². The summed E-state index contributed by atoms with van der Waals surface area (Å²) in [6.07, 6.45) is 4.93. The Bertz CT molecular complexity index is 398. The van der Waals surface area contributed by atoms with Crippen LogP contribution in [0.4, 0.5) is 4.79 Å². The molecule has 2 bridgehead atoms. The number of carboxylic acid groups (broad SMARTS) is 1. The molecule has 3 aliphatic rings. The number of urea groups is 1. The Kier molecular flexibility index (Phi) is 3.15. The van der Waals surface area contributed by atoms with E-state index in [1.54, 1.807) is 4.90 Å². The van der Waals surface area contributed by atoms with Crippen molar-refractivity contribution in [3.8, 4) is 0 Å². The zero-order chi connectivity index (χ0) is 13.6. The van der Waals surface area contributed by atoms with Gasteiger partial charge in [0, 0.05) is 19.1 Å². The highest BCUT2D eigenvalue weighted by Crippen LogP contribution is 2.44. The Hall–Kier alpha value is -1.26. The van der Waals surface area contributed by atoms with Crippen molar-refractivity contribution in [2.24, 2.45) is 23.7 Å². The molecule has 19 heavy (non-hydrogen) atoms. The predicted molar refractivity (Wildman–Crippen MR) is 69.6 cm³/mol. The molecule has 0 aromatic heterocycles. The number of nitrogens with one attached hydrogen (secondary N) is 1. The molecule has 3 rings (SSSR count). The van der Waals surface area contributed by atoms with Crippen LogP contribution in [0, 0.1) is 23.7 Å². The zero-order valence-corrected chi connectivity index (χ0v) is 11.3. The molecule has 2 saturated carbocycles. The molecule has 2 amide bonds. The van der Waals surface area contributed by atoms with E-state index in [1.165, 1.54) is 19.3 Å². The van der Waals surface area contributed by atoms with Gasteiger partial charge in [-0.1, -0.05) is 13.3 Å². The molecule has 5 nitrogen and oxygen atoms in total. The van der Waals surface area contributed by atoms with Crippen molar-refractivity contribution in [3.05, 3.63) is 0 Å². The molecule has 5 atom stereocenters. The molecule has 2 N–H and O–H groups in total. The minimum Gasteiger partial charge on any atom is -0.481 e. The van der Waals surface area contributed by atoms with E-state index in [2.05, 4.69) is 5.32 Å². The zero-order valence-electron chi connectivity index (χ0n) is 11.3. The van der Waals surface area contributed by atoms with Gasteiger partial charge in [0.05, 0.1) is 5.92 Å². The molecule has 1 saturated heterocycles. The number of fused-ring (bicyclic) bond motifs is 2. The highest BCUT2D eigenvalue weighted by molar-refractivity contribution is 5.78. The number of carbonyl (C=O) groups is 2. The number of carboxylic acids is 1. The van der Waals surface area contributed by atoms with Crippen molar-refractivity contribution in [1.82, 2.24) is 10.2 Å². The SMILES string of the molecule is C[C@@H]1CN(C(=O)NC2CC3CCC2C3)C[C@H]1C(=O)O. The second kappa shape index (κ2) is 4.69. The molecule has 5 heteroatoms. The van der Waals surface area contributed by atoms with E-state index in [1.807, 2.05) is 6.92 Å². The summed E-state index contributed by atoms with van der Waals surface area (Å²) < 4.78 is 0. The summed E-state index contributed by atoms with van der Waals surface area (Å²) in [5.74, 6) is 0.306. The molecule has 1 heterocycles. The first-order valence-corrected chi connectivity index (χ1v) is 7.33. The van der Waals surface area contributed by atoms with Gasteiger partial charge in [-0.15, -0.1) is 0 Å². The molecular formula is C14H22N2O3. The van der Waals surface area contributed by atoms with Gasteiger partial charge in [-0.3, -0.25) is 4.79 Å². The highest BCUT2D eigenvalue weighted by atomic mass is 16.4. The van der Waals surface area contributed by atoms with Crippen molar-refractivity contribution in [3.63, 3.8) is 0 Å². The molecule has 3 fully saturated rings. The minimum absolute atomic E-state index is 0.0447. The van der Waals surface area contributed by atoms with Crippen LogP contribution in [-0.4, -0.2) is 41.1 Å². The Labute approximate surface area is 113 Å². The van der Waals surface area contributed by atoms with Crippen molar-refractivity contribution < 1.29 is 14.7 Å². The van der Waals surface area contributed by atoms with Gasteiger partial charge in [0.2, 0.25) is 0 Å². The van der Waals surface area contributed by atoms with Gasteiger partial charge in [0.1, 0.15) is 0 Å². The maximum Gasteiger partial charge on any atom is 0.317 e. The van der Waals surface area contributed by atoms with Crippen molar-refractivity contribution in [2.45, 2.75) is 38.6 Å². The van der Waals surface area contributed by atoms with Crippen LogP contribution >= 0.6 is 0 Å². The number of amides is 2. The standard InChI is InChI=1S/C14H22N2O3/c1-8-6-16(7-11(8)13(17)18)14(19)15-12-5-9-2-3-10(12)4-9/h8-12H,2-7H2,1H3,(H,15,19)(H,17,18)/t8-,9?,10?,11-,12?/m1/s1. The summed E-state index contributed by atoms with van der Waals surface area (Å²) in [7, 11) is 0. The van der Waals surface area contributed by atoms with Crippen LogP contribution in [0.5, 0.6) is 0 Å². The second-order valence-corrected chi connectivity index (χ2v) is 6.56. The van der Waals surface area contributed by atoms with Gasteiger partial charge in [0.25, 0.3) is 0 Å². The van der Waals surface area contributed by atoms with Crippen LogP contribution in [0.1, 0.15) is 32.6 Å². The summed E-state index contributed by atoms with van der Waals surface area (Å²) in [5.41, 5.74) is 0. The van der Waals surface area contributed by atoms with Crippen molar-refractivity contribution in [2.75, 3.05) is 13.1 Å². The molecule has 0 spiro atoms. The largest absolute Gasteiger partial charge is 0.481 e. The Morgan fingerprint density at radius 2 is 2.00 bits per heavy atom. The summed E-state index contributed by atoms with van der Waals surface area (Å²) >= 11 is 0. The maximum absolute atomic E-state index is 12.2. The predicted octanol–water partition coefficient (Wildman–Crippen LogP) is 1.54. The summed E-state index contributed by atoms with van der Waals surface area (Å²) in [5, 5.41) is 12.2. The Balaban J connectivity index is 1.55. The number of aliphatic carboxylic acids is 1. The number of hydrogen-bond acceptors (Lipinski definition) is 2. The summed E-state index contributed by atoms with van der Waals surface area (Å²) in [4.78, 5) is 25.0. The Morgan fingerprint density at radius 1 is 1.21 bits per heavy atom. The third kappa shape index (κ3) is 2.30. The lowest BCUT2D eigenvalue weighted by atomic mass is 9.95. The quantitative estimate of drug-likeness (QED) is 0.796. The maximum atomic E-state index is 12.2. The van der Waals surface area contributed by atoms with Crippen LogP contribution in [0.3, 0.4) is 0 Å². The van der Waals surface area contributed by atoms with Gasteiger partial charge in [-0.2, -0.15) is 0 Å². The molecule has 1 aliphatic heterocycles. The van der Waals surface area contributed by atoms with E-state index < -0.39 is 11.9 Å². The van der Waals surface area contributed by atoms with Crippen LogP contribution in [-0.2, 0) is 4.79 Å². The van der Waals surface area contributed by atoms with Crippen LogP contribution in [0.25, 0.3) is 0 Å². The van der Waals surface area contributed by atoms with E-state index in [0.717, 1.165) is 12.3 Å². The van der Waals surface area contributed by atoms with Gasteiger partial charge in [-0.05, 0) is 37.0 Å². The van der Waals surface area contributed by atoms with Crippen molar-refractivity contribution in [1.29, 1.82) is 0 Å². The average molecular weight is 266 g/mol. The number of rotatable bonds is 2. The van der Waals surface area contributed by atoms with E-state index >= 15 is 0 Å². The van der Waals surface area contributed by atoms with Gasteiger partial charge < -0.3 is 15.3 Å². The molecule has 106 valence electrons. The first-order valence-electron chi connectivity index (χ1n) is 7.33. The van der Waals surface area contributed by atoms with E-state index in [9.17, 15) is 9.59 Å². The van der Waals surface area contributed by atoms with Crippen LogP contribution in [0.15, 0.2) is 0 Å². The fourth-order valence-corrected chi connectivity index (χ4v) is 4.13. The normalized spacial score (nSPS) is 40.7. The van der Waals surface area contributed by atoms with Gasteiger partial charge in [-0.25, -0.2) is 4.79 Å². The second-order valence-electron chi connectivity index (χ2n) is 6.56. The third-order valence-corrected chi connectivity index (χ3v) is 5.26. The summed E-state index contributed by atoms with van der Waals surface area (Å²) in [6, 6.07) is 0.263. The fraction of sp³-hybridized carbons (Fsp3) is 0.857. The van der Waals surface area contributed by atoms with Crippen LogP contribution < -0.4 is 5.32 Å². The monoisotopic (exact) mass is 266 g/mol. The summed E-state index contributed by atoms with van der Waals surface area (Å²) in [6.45, 7) is 2.82. The number of carbonyl (C=O) groups excluding carboxylic acids is 1. The number of likely N-dealkylation sites (tertiary alicyclic amines) is 1. The lowest BCUT2D eigenvalue weighted by Gasteiger charge is -2.26. The smallest absolute Gasteiger partial charge is 0.317 e. The molecular weight excluding hydrogens is 244 g/mol. The number of nitrogens with zero attached hydrogens (tertiary/aromatic N) is 1. The lowest BCUT2D eigenvalue weighted by Crippen LogP contribution is -2.46. The first kappa shape index (κ1) is 12.8. The minimum atomic E-state index is -0.789. The van der Waals surface area contributed by atoms with E-state index in [4.69, 9.17) is 5.11 Å². The first-order chi connectivity index (χ1) is 9.04. The van der Waals surface area contributed by atoms with Gasteiger partial charge in [0.15, 0.2) is 0 Å². The topological polar surface area (TPSA) is 69.6 Å². The average Bonchev–Trinajstić information content (AvgIpc) is 3.02. The molecule has 0 aromatic rings. The third-order valence-electron chi connectivity index (χ3n) is 5.26. The van der Waals surface area contributed by atoms with Crippen molar-refractivity contribution >= 4 is 12.0 Å². The molecule has 0 radical (unpaired) electrons. The highest BCUT2D eigenvalue weighted by Gasteiger charge is 2.42.